The monoisotopic (exact) mass is 311 g/mol. The third-order valence-corrected chi connectivity index (χ3v) is 3.96. The summed E-state index contributed by atoms with van der Waals surface area (Å²) in [4.78, 5) is 18.2. The van der Waals surface area contributed by atoms with Gasteiger partial charge in [-0.2, -0.15) is 0 Å². The highest BCUT2D eigenvalue weighted by molar-refractivity contribution is 5.91. The molecule has 2 aromatic rings. The maximum Gasteiger partial charge on any atom is 0.338 e. The van der Waals surface area contributed by atoms with Crippen LogP contribution in [0.3, 0.4) is 0 Å². The number of esters is 1. The van der Waals surface area contributed by atoms with Gasteiger partial charge in [0.05, 0.1) is 11.9 Å². The predicted molar refractivity (Wildman–Crippen MR) is 90.0 cm³/mol. The summed E-state index contributed by atoms with van der Waals surface area (Å²) in [6, 6.07) is 5.80. The molecular weight excluding hydrogens is 290 g/mol. The van der Waals surface area contributed by atoms with Crippen molar-refractivity contribution >= 4 is 17.7 Å². The van der Waals surface area contributed by atoms with Gasteiger partial charge in [-0.25, -0.2) is 9.78 Å². The van der Waals surface area contributed by atoms with Gasteiger partial charge in [0.15, 0.2) is 0 Å². The van der Waals surface area contributed by atoms with Gasteiger partial charge in [0.2, 0.25) is 0 Å². The molecule has 0 unspecified atom stereocenters. The number of allylic oxidation sites excluding steroid dienone is 1. The largest absolute Gasteiger partial charge is 0.461 e. The molecule has 1 aromatic carbocycles. The molecule has 0 bridgehead atoms. The number of carbonyl (C=O) groups is 1. The lowest BCUT2D eigenvalue weighted by Crippen LogP contribution is -2.20. The predicted octanol–water partition coefficient (Wildman–Crippen LogP) is 2.55. The van der Waals surface area contributed by atoms with Crippen LogP contribution in [0.25, 0.3) is 11.8 Å². The van der Waals surface area contributed by atoms with Crippen LogP contribution in [0.2, 0.25) is 0 Å². The molecule has 23 heavy (non-hydrogen) atoms. The molecule has 5 heteroatoms. The maximum absolute atomic E-state index is 12.1. The van der Waals surface area contributed by atoms with E-state index < -0.39 is 0 Å². The number of hydrogen-bond acceptors (Lipinski definition) is 4. The number of likely N-dealkylation sites (N-methyl/N-ethyl adjacent to an activating group) is 1. The van der Waals surface area contributed by atoms with Gasteiger partial charge in [0, 0.05) is 24.6 Å². The molecule has 0 radical (unpaired) electrons. The van der Waals surface area contributed by atoms with E-state index >= 15 is 0 Å². The van der Waals surface area contributed by atoms with E-state index in [1.165, 1.54) is 11.3 Å². The van der Waals surface area contributed by atoms with Crippen molar-refractivity contribution in [2.75, 3.05) is 27.2 Å². The first-order valence-corrected chi connectivity index (χ1v) is 7.77. The molecule has 0 fully saturated rings. The van der Waals surface area contributed by atoms with Gasteiger partial charge in [0.1, 0.15) is 6.61 Å². The minimum Gasteiger partial charge on any atom is -0.461 e. The smallest absolute Gasteiger partial charge is 0.338 e. The van der Waals surface area contributed by atoms with E-state index in [2.05, 4.69) is 11.1 Å². The molecule has 0 aliphatic heterocycles. The number of fused-ring (bicyclic) bond motifs is 1. The molecule has 5 nitrogen and oxygen atoms in total. The lowest BCUT2D eigenvalue weighted by Gasteiger charge is -2.18. The Morgan fingerprint density at radius 2 is 2.22 bits per heavy atom. The fraction of sp³-hybridized carbons (Fsp3) is 0.333. The van der Waals surface area contributed by atoms with Crippen LogP contribution in [0.5, 0.6) is 0 Å². The number of aryl methyl sites for hydroxylation is 1. The molecule has 0 atom stereocenters. The number of carbonyl (C=O) groups excluding carboxylic acids is 1. The molecule has 0 saturated heterocycles. The normalized spacial score (nSPS) is 13.6. The van der Waals surface area contributed by atoms with E-state index in [-0.39, 0.29) is 5.97 Å². The van der Waals surface area contributed by atoms with Gasteiger partial charge >= 0.3 is 5.97 Å². The zero-order valence-electron chi connectivity index (χ0n) is 13.5. The Morgan fingerprint density at radius 3 is 2.96 bits per heavy atom. The Morgan fingerprint density at radius 1 is 1.35 bits per heavy atom. The van der Waals surface area contributed by atoms with Gasteiger partial charge < -0.3 is 14.2 Å². The standard InChI is InChI=1S/C18H21N3O2/c1-20(2)9-10-23-18(22)15-4-3-14-5-6-17(12-16(14)11-15)21-8-7-19-13-21/h3-4,7-8,11-13H,5-6,9-10H2,1-2H3. The van der Waals surface area contributed by atoms with E-state index in [0.717, 1.165) is 24.9 Å². The zero-order valence-corrected chi connectivity index (χ0v) is 13.5. The summed E-state index contributed by atoms with van der Waals surface area (Å²) < 4.78 is 7.33. The first-order valence-electron chi connectivity index (χ1n) is 7.77. The van der Waals surface area contributed by atoms with Crippen molar-refractivity contribution in [1.29, 1.82) is 0 Å². The molecule has 1 heterocycles. The van der Waals surface area contributed by atoms with Gasteiger partial charge in [-0.05, 0) is 56.3 Å². The summed E-state index contributed by atoms with van der Waals surface area (Å²) >= 11 is 0. The first kappa shape index (κ1) is 15.5. The lowest BCUT2D eigenvalue weighted by molar-refractivity contribution is 0.0482. The third-order valence-electron chi connectivity index (χ3n) is 3.96. The van der Waals surface area contributed by atoms with Crippen molar-refractivity contribution in [3.8, 4) is 0 Å². The average molecular weight is 311 g/mol. The van der Waals surface area contributed by atoms with Crippen LogP contribution in [0.15, 0.2) is 36.9 Å². The van der Waals surface area contributed by atoms with Crippen molar-refractivity contribution in [3.05, 3.63) is 53.6 Å². The quantitative estimate of drug-likeness (QED) is 0.796. The molecule has 1 aromatic heterocycles. The van der Waals surface area contributed by atoms with Crippen molar-refractivity contribution in [2.24, 2.45) is 0 Å². The second-order valence-electron chi connectivity index (χ2n) is 5.96. The summed E-state index contributed by atoms with van der Waals surface area (Å²) in [6.45, 7) is 1.13. The van der Waals surface area contributed by atoms with Crippen molar-refractivity contribution in [1.82, 2.24) is 14.5 Å². The van der Waals surface area contributed by atoms with Crippen LogP contribution in [0, 0.1) is 0 Å². The molecule has 1 aliphatic carbocycles. The Balaban J connectivity index is 1.77. The third kappa shape index (κ3) is 3.68. The summed E-state index contributed by atoms with van der Waals surface area (Å²) in [5.74, 6) is -0.266. The highest BCUT2D eigenvalue weighted by atomic mass is 16.5. The Bertz CT molecular complexity index is 718. The second kappa shape index (κ2) is 6.79. The average Bonchev–Trinajstić information content (AvgIpc) is 3.08. The topological polar surface area (TPSA) is 47.4 Å². The molecule has 120 valence electrons. The fourth-order valence-electron chi connectivity index (χ4n) is 2.64. The van der Waals surface area contributed by atoms with Crippen LogP contribution in [0.1, 0.15) is 27.9 Å². The number of imidazole rings is 1. The van der Waals surface area contributed by atoms with E-state index in [1.807, 2.05) is 48.0 Å². The van der Waals surface area contributed by atoms with E-state index in [4.69, 9.17) is 4.74 Å². The van der Waals surface area contributed by atoms with Crippen molar-refractivity contribution in [2.45, 2.75) is 12.8 Å². The number of ether oxygens (including phenoxy) is 1. The maximum atomic E-state index is 12.1. The van der Waals surface area contributed by atoms with Gasteiger partial charge in [0.25, 0.3) is 0 Å². The Hall–Kier alpha value is -2.40. The minimum atomic E-state index is -0.266. The molecule has 0 N–H and O–H groups in total. The molecule has 3 rings (SSSR count). The summed E-state index contributed by atoms with van der Waals surface area (Å²) in [5, 5.41) is 0. The highest BCUT2D eigenvalue weighted by Crippen LogP contribution is 2.27. The van der Waals surface area contributed by atoms with Gasteiger partial charge in [-0.3, -0.25) is 0 Å². The van der Waals surface area contributed by atoms with Gasteiger partial charge in [-0.1, -0.05) is 6.07 Å². The molecule has 0 saturated carbocycles. The minimum absolute atomic E-state index is 0.266. The molecule has 0 spiro atoms. The number of benzene rings is 1. The number of aromatic nitrogens is 2. The Kier molecular flexibility index (Phi) is 4.57. The number of rotatable bonds is 5. The zero-order chi connectivity index (χ0) is 16.2. The van der Waals surface area contributed by atoms with Crippen LogP contribution < -0.4 is 0 Å². The molecule has 0 amide bonds. The van der Waals surface area contributed by atoms with Gasteiger partial charge in [-0.15, -0.1) is 0 Å². The van der Waals surface area contributed by atoms with Crippen molar-refractivity contribution in [3.63, 3.8) is 0 Å². The number of nitrogens with zero attached hydrogens (tertiary/aromatic N) is 3. The van der Waals surface area contributed by atoms with E-state index in [1.54, 1.807) is 12.5 Å². The summed E-state index contributed by atoms with van der Waals surface area (Å²) in [7, 11) is 3.91. The summed E-state index contributed by atoms with van der Waals surface area (Å²) in [5.41, 5.74) is 4.14. The number of hydrogen-bond donors (Lipinski definition) is 0. The van der Waals surface area contributed by atoms with Crippen LogP contribution in [0.4, 0.5) is 0 Å². The summed E-state index contributed by atoms with van der Waals surface area (Å²) in [6.07, 6.45) is 9.57. The van der Waals surface area contributed by atoms with Crippen LogP contribution >= 0.6 is 0 Å². The van der Waals surface area contributed by atoms with Crippen molar-refractivity contribution < 1.29 is 9.53 Å². The first-order chi connectivity index (χ1) is 11.1. The van der Waals surface area contributed by atoms with Crippen LogP contribution in [-0.4, -0.2) is 47.7 Å². The fourth-order valence-corrected chi connectivity index (χ4v) is 2.64. The van der Waals surface area contributed by atoms with Crippen LogP contribution in [-0.2, 0) is 11.2 Å². The van der Waals surface area contributed by atoms with E-state index in [0.29, 0.717) is 12.2 Å². The second-order valence-corrected chi connectivity index (χ2v) is 5.96. The molecular formula is C18H21N3O2. The Labute approximate surface area is 136 Å². The molecule has 1 aliphatic rings. The SMILES string of the molecule is CN(C)CCOC(=O)c1ccc2c(c1)C=C(n1ccnc1)CC2. The highest BCUT2D eigenvalue weighted by Gasteiger charge is 2.15. The lowest BCUT2D eigenvalue weighted by atomic mass is 9.93. The van der Waals surface area contributed by atoms with E-state index in [9.17, 15) is 4.79 Å².